The largest absolute Gasteiger partial charge is 0.496 e. The summed E-state index contributed by atoms with van der Waals surface area (Å²) < 4.78 is 18.7. The molecule has 0 saturated heterocycles. The van der Waals surface area contributed by atoms with Gasteiger partial charge in [0.2, 0.25) is 0 Å². The van der Waals surface area contributed by atoms with Crippen molar-refractivity contribution in [2.75, 3.05) is 12.0 Å². The van der Waals surface area contributed by atoms with E-state index in [4.69, 9.17) is 4.74 Å². The van der Waals surface area contributed by atoms with Crippen LogP contribution in [0.2, 0.25) is 0 Å². The van der Waals surface area contributed by atoms with Crippen molar-refractivity contribution in [2.45, 2.75) is 25.8 Å². The molecule has 22 heavy (non-hydrogen) atoms. The van der Waals surface area contributed by atoms with Crippen molar-refractivity contribution in [3.63, 3.8) is 0 Å². The summed E-state index contributed by atoms with van der Waals surface area (Å²) in [5.41, 5.74) is 2.19. The first-order valence-corrected chi connectivity index (χ1v) is 7.37. The van der Waals surface area contributed by atoms with Crippen LogP contribution < -0.4 is 9.64 Å². The van der Waals surface area contributed by atoms with Gasteiger partial charge in [-0.3, -0.25) is 4.79 Å². The van der Waals surface area contributed by atoms with Crippen molar-refractivity contribution in [1.82, 2.24) is 0 Å². The molecular formula is C18H18FNO2. The molecule has 3 rings (SSSR count). The number of rotatable bonds is 2. The minimum absolute atomic E-state index is 0.0652. The lowest BCUT2D eigenvalue weighted by Gasteiger charge is -2.35. The van der Waals surface area contributed by atoms with Crippen molar-refractivity contribution >= 4 is 11.6 Å². The number of fused-ring (bicyclic) bond motifs is 1. The molecule has 1 amide bonds. The normalized spacial score (nSPS) is 17.0. The highest BCUT2D eigenvalue weighted by molar-refractivity contribution is 6.08. The zero-order valence-corrected chi connectivity index (χ0v) is 12.7. The van der Waals surface area contributed by atoms with Crippen molar-refractivity contribution in [2.24, 2.45) is 0 Å². The fourth-order valence-electron chi connectivity index (χ4n) is 2.98. The topological polar surface area (TPSA) is 29.5 Å². The number of carbonyl (C=O) groups is 1. The summed E-state index contributed by atoms with van der Waals surface area (Å²) in [4.78, 5) is 14.7. The molecule has 0 N–H and O–H groups in total. The van der Waals surface area contributed by atoms with Crippen molar-refractivity contribution in [3.8, 4) is 5.75 Å². The van der Waals surface area contributed by atoms with Crippen LogP contribution in [0.1, 0.15) is 29.3 Å². The van der Waals surface area contributed by atoms with E-state index in [9.17, 15) is 9.18 Å². The molecule has 2 aromatic carbocycles. The molecule has 1 heterocycles. The molecule has 0 saturated carbocycles. The van der Waals surface area contributed by atoms with E-state index in [1.807, 2.05) is 19.1 Å². The van der Waals surface area contributed by atoms with E-state index < -0.39 is 0 Å². The van der Waals surface area contributed by atoms with Crippen molar-refractivity contribution < 1.29 is 13.9 Å². The average molecular weight is 299 g/mol. The summed E-state index contributed by atoms with van der Waals surface area (Å²) in [7, 11) is 1.55. The Balaban J connectivity index is 2.06. The van der Waals surface area contributed by atoms with Crippen LogP contribution in [0.4, 0.5) is 10.1 Å². The smallest absolute Gasteiger partial charge is 0.262 e. The Morgan fingerprint density at radius 3 is 2.82 bits per heavy atom. The van der Waals surface area contributed by atoms with Gasteiger partial charge in [-0.15, -0.1) is 0 Å². The number of benzene rings is 2. The highest BCUT2D eigenvalue weighted by atomic mass is 19.1. The number of ether oxygens (including phenoxy) is 1. The van der Waals surface area contributed by atoms with E-state index in [1.165, 1.54) is 12.1 Å². The van der Waals surface area contributed by atoms with Crippen molar-refractivity contribution in [3.05, 3.63) is 59.4 Å². The number of hydrogen-bond donors (Lipinski definition) is 0. The van der Waals surface area contributed by atoms with Gasteiger partial charge in [0.05, 0.1) is 12.7 Å². The van der Waals surface area contributed by atoms with E-state index in [-0.39, 0.29) is 17.8 Å². The van der Waals surface area contributed by atoms with Crippen LogP contribution in [-0.2, 0) is 6.42 Å². The highest BCUT2D eigenvalue weighted by Crippen LogP contribution is 2.33. The van der Waals surface area contributed by atoms with Gasteiger partial charge < -0.3 is 9.64 Å². The summed E-state index contributed by atoms with van der Waals surface area (Å²) in [5.74, 6) is 0.171. The lowest BCUT2D eigenvalue weighted by molar-refractivity contribution is 0.0972. The monoisotopic (exact) mass is 299 g/mol. The van der Waals surface area contributed by atoms with E-state index >= 15 is 0 Å². The molecule has 114 valence electrons. The van der Waals surface area contributed by atoms with Gasteiger partial charge in [0.25, 0.3) is 5.91 Å². The number of hydrogen-bond acceptors (Lipinski definition) is 2. The third-order valence-corrected chi connectivity index (χ3v) is 4.13. The number of carbonyl (C=O) groups excluding carboxylic acids is 1. The first-order chi connectivity index (χ1) is 10.6. The van der Waals surface area contributed by atoms with Gasteiger partial charge in [0.15, 0.2) is 0 Å². The van der Waals surface area contributed by atoms with Crippen molar-refractivity contribution in [1.29, 1.82) is 0 Å². The minimum atomic E-state index is -0.266. The van der Waals surface area contributed by atoms with Crippen LogP contribution in [0.25, 0.3) is 0 Å². The maximum atomic E-state index is 13.4. The molecule has 0 radical (unpaired) electrons. The Hall–Kier alpha value is -2.36. The van der Waals surface area contributed by atoms with Crippen LogP contribution in [0.3, 0.4) is 0 Å². The second kappa shape index (κ2) is 5.79. The molecule has 0 spiro atoms. The first kappa shape index (κ1) is 14.6. The number of methoxy groups -OCH3 is 1. The SMILES string of the molecule is COc1ccccc1C(=O)N1c2ccc(F)cc2CC[C@H]1C. The van der Waals surface area contributed by atoms with Crippen LogP contribution in [0, 0.1) is 5.82 Å². The Bertz CT molecular complexity index is 714. The Kier molecular flexibility index (Phi) is 3.84. The lowest BCUT2D eigenvalue weighted by Crippen LogP contribution is -2.42. The van der Waals surface area contributed by atoms with Crippen LogP contribution in [0.5, 0.6) is 5.75 Å². The number of para-hydroxylation sites is 1. The predicted octanol–water partition coefficient (Wildman–Crippen LogP) is 3.82. The number of aryl methyl sites for hydroxylation is 1. The van der Waals surface area contributed by atoms with Gasteiger partial charge in [-0.05, 0) is 55.7 Å². The average Bonchev–Trinajstić information content (AvgIpc) is 2.54. The molecule has 3 nitrogen and oxygen atoms in total. The quantitative estimate of drug-likeness (QED) is 0.844. The lowest BCUT2D eigenvalue weighted by atomic mass is 9.95. The molecule has 4 heteroatoms. The molecule has 0 unspecified atom stereocenters. The Morgan fingerprint density at radius 2 is 2.05 bits per heavy atom. The fourth-order valence-corrected chi connectivity index (χ4v) is 2.98. The molecular weight excluding hydrogens is 281 g/mol. The fraction of sp³-hybridized carbons (Fsp3) is 0.278. The zero-order valence-electron chi connectivity index (χ0n) is 12.7. The van der Waals surface area contributed by atoms with E-state index in [1.54, 1.807) is 30.2 Å². The standard InChI is InChI=1S/C18H18FNO2/c1-12-7-8-13-11-14(19)9-10-16(13)20(12)18(21)15-5-3-4-6-17(15)22-2/h3-6,9-12H,7-8H2,1-2H3/t12-/m1/s1. The third kappa shape index (κ3) is 2.45. The highest BCUT2D eigenvalue weighted by Gasteiger charge is 2.30. The van der Waals surface area contributed by atoms with Gasteiger partial charge in [0, 0.05) is 11.7 Å². The van der Waals surface area contributed by atoms with Crippen LogP contribution in [-0.4, -0.2) is 19.1 Å². The molecule has 2 aromatic rings. The van der Waals surface area contributed by atoms with Gasteiger partial charge in [-0.2, -0.15) is 0 Å². The molecule has 1 atom stereocenters. The maximum absolute atomic E-state index is 13.4. The Morgan fingerprint density at radius 1 is 1.27 bits per heavy atom. The van der Waals surface area contributed by atoms with Gasteiger partial charge in [-0.1, -0.05) is 12.1 Å². The number of amides is 1. The molecule has 1 aliphatic heterocycles. The van der Waals surface area contributed by atoms with Crippen LogP contribution >= 0.6 is 0 Å². The number of anilines is 1. The molecule has 0 bridgehead atoms. The van der Waals surface area contributed by atoms with E-state index in [0.29, 0.717) is 11.3 Å². The molecule has 0 fully saturated rings. The Labute approximate surface area is 129 Å². The van der Waals surface area contributed by atoms with Crippen LogP contribution in [0.15, 0.2) is 42.5 Å². The zero-order chi connectivity index (χ0) is 15.7. The second-order valence-electron chi connectivity index (χ2n) is 5.54. The second-order valence-corrected chi connectivity index (χ2v) is 5.54. The maximum Gasteiger partial charge on any atom is 0.262 e. The summed E-state index contributed by atoms with van der Waals surface area (Å²) >= 11 is 0. The summed E-state index contributed by atoms with van der Waals surface area (Å²) in [6.45, 7) is 2.01. The van der Waals surface area contributed by atoms with Gasteiger partial charge in [0.1, 0.15) is 11.6 Å². The summed E-state index contributed by atoms with van der Waals surface area (Å²) in [6.07, 6.45) is 1.60. The minimum Gasteiger partial charge on any atom is -0.496 e. The van der Waals surface area contributed by atoms with Gasteiger partial charge in [-0.25, -0.2) is 4.39 Å². The van der Waals surface area contributed by atoms with Gasteiger partial charge >= 0.3 is 0 Å². The predicted molar refractivity (Wildman–Crippen MR) is 84.0 cm³/mol. The molecule has 0 aliphatic carbocycles. The number of nitrogens with zero attached hydrogens (tertiary/aromatic N) is 1. The van der Waals surface area contributed by atoms with E-state index in [2.05, 4.69) is 0 Å². The van der Waals surface area contributed by atoms with E-state index in [0.717, 1.165) is 24.1 Å². The summed E-state index contributed by atoms with van der Waals surface area (Å²) in [5, 5.41) is 0. The third-order valence-electron chi connectivity index (χ3n) is 4.13. The number of halogens is 1. The molecule has 0 aromatic heterocycles. The first-order valence-electron chi connectivity index (χ1n) is 7.37. The summed E-state index contributed by atoms with van der Waals surface area (Å²) in [6, 6.07) is 11.8. The molecule has 1 aliphatic rings.